The van der Waals surface area contributed by atoms with Gasteiger partial charge in [0, 0.05) is 6.42 Å². The summed E-state index contributed by atoms with van der Waals surface area (Å²) < 4.78 is 0. The molecule has 1 aliphatic carbocycles. The average Bonchev–Trinajstić information content (AvgIpc) is 2.05. The molecule has 2 nitrogen and oxygen atoms in total. The van der Waals surface area contributed by atoms with Gasteiger partial charge in [-0.25, -0.2) is 0 Å². The van der Waals surface area contributed by atoms with Crippen molar-refractivity contribution in [3.8, 4) is 0 Å². The van der Waals surface area contributed by atoms with Gasteiger partial charge in [-0.1, -0.05) is 32.1 Å². The van der Waals surface area contributed by atoms with E-state index in [1.165, 1.54) is 32.1 Å². The van der Waals surface area contributed by atoms with Crippen molar-refractivity contribution in [2.45, 2.75) is 51.4 Å². The Morgan fingerprint density at radius 1 is 1.31 bits per heavy atom. The summed E-state index contributed by atoms with van der Waals surface area (Å²) in [7, 11) is 0. The number of hydrogen-bond donors (Lipinski definition) is 1. The van der Waals surface area contributed by atoms with Crippen molar-refractivity contribution in [1.82, 2.24) is 0 Å². The second kappa shape index (κ2) is 7.47. The Morgan fingerprint density at radius 2 is 1.92 bits per heavy atom. The van der Waals surface area contributed by atoms with Crippen LogP contribution in [0.4, 0.5) is 0 Å². The van der Waals surface area contributed by atoms with Gasteiger partial charge in [0.15, 0.2) is 0 Å². The normalized spacial score (nSPS) is 17.8. The van der Waals surface area contributed by atoms with Crippen LogP contribution in [0.1, 0.15) is 52.8 Å². The van der Waals surface area contributed by atoms with E-state index < -0.39 is 5.97 Å². The molecule has 1 fully saturated rings. The maximum absolute atomic E-state index is 10.2. The Hall–Kier alpha value is 0.0674. The fourth-order valence-corrected chi connectivity index (χ4v) is 2.02. The molecule has 0 unspecified atom stereocenters. The van der Waals surface area contributed by atoms with E-state index in [9.17, 15) is 4.79 Å². The van der Waals surface area contributed by atoms with Gasteiger partial charge >= 0.3 is 24.8 Å². The molecule has 0 heterocycles. The van der Waals surface area contributed by atoms with Crippen molar-refractivity contribution < 1.29 is 30.2 Å². The number of carbonyl (C=O) groups is 1. The van der Waals surface area contributed by atoms with Gasteiger partial charge < -0.3 is 6.53 Å². The standard InChI is InChI=1S/C10H18O2.Li.H/c11-10(12)8-4-7-9-5-2-1-3-6-9;;/h9H,1-8H2,(H,11,12);;/q;+1;-1. The zero-order valence-corrected chi connectivity index (χ0v) is 8.59. The molecule has 0 radical (unpaired) electrons. The zero-order chi connectivity index (χ0) is 8.81. The minimum Gasteiger partial charge on any atom is -1.00 e. The predicted molar refractivity (Wildman–Crippen MR) is 49.2 cm³/mol. The maximum atomic E-state index is 10.2. The van der Waals surface area contributed by atoms with E-state index in [1.54, 1.807) is 0 Å². The molecular weight excluding hydrogens is 159 g/mol. The van der Waals surface area contributed by atoms with Crippen LogP contribution < -0.4 is 18.9 Å². The summed E-state index contributed by atoms with van der Waals surface area (Å²) in [6, 6.07) is 0. The number of carboxylic acids is 1. The first kappa shape index (κ1) is 13.1. The van der Waals surface area contributed by atoms with E-state index in [-0.39, 0.29) is 20.3 Å². The maximum Gasteiger partial charge on any atom is 1.00 e. The molecule has 1 N–H and O–H groups in total. The van der Waals surface area contributed by atoms with Crippen LogP contribution >= 0.6 is 0 Å². The topological polar surface area (TPSA) is 37.3 Å². The van der Waals surface area contributed by atoms with E-state index in [4.69, 9.17) is 5.11 Å². The van der Waals surface area contributed by atoms with E-state index >= 15 is 0 Å². The van der Waals surface area contributed by atoms with E-state index in [0.29, 0.717) is 6.42 Å². The first-order valence-electron chi connectivity index (χ1n) is 5.01. The van der Waals surface area contributed by atoms with Crippen LogP contribution in [0.25, 0.3) is 0 Å². The Bertz CT molecular complexity index is 147. The fraction of sp³-hybridized carbons (Fsp3) is 0.900. The number of hydrogen-bond acceptors (Lipinski definition) is 1. The van der Waals surface area contributed by atoms with Crippen molar-refractivity contribution in [3.05, 3.63) is 0 Å². The van der Waals surface area contributed by atoms with Gasteiger partial charge in [0.25, 0.3) is 0 Å². The van der Waals surface area contributed by atoms with Crippen molar-refractivity contribution in [1.29, 1.82) is 0 Å². The van der Waals surface area contributed by atoms with Crippen LogP contribution in [-0.4, -0.2) is 11.1 Å². The third kappa shape index (κ3) is 6.18. The third-order valence-electron chi connectivity index (χ3n) is 2.73. The van der Waals surface area contributed by atoms with Crippen LogP contribution in [0.5, 0.6) is 0 Å². The fourth-order valence-electron chi connectivity index (χ4n) is 2.02. The Kier molecular flexibility index (Phi) is 7.51. The van der Waals surface area contributed by atoms with Crippen LogP contribution in [0.3, 0.4) is 0 Å². The molecule has 1 aliphatic rings. The number of carboxylic acid groups (broad SMARTS) is 1. The molecule has 1 rings (SSSR count). The van der Waals surface area contributed by atoms with Gasteiger partial charge in [-0.15, -0.1) is 0 Å². The first-order chi connectivity index (χ1) is 5.79. The molecule has 3 heteroatoms. The van der Waals surface area contributed by atoms with Crippen LogP contribution in [-0.2, 0) is 4.79 Å². The van der Waals surface area contributed by atoms with Gasteiger partial charge in [0.1, 0.15) is 0 Å². The zero-order valence-electron chi connectivity index (χ0n) is 9.59. The van der Waals surface area contributed by atoms with E-state index in [1.807, 2.05) is 0 Å². The second-order valence-corrected chi connectivity index (χ2v) is 3.79. The van der Waals surface area contributed by atoms with Gasteiger partial charge in [0.05, 0.1) is 0 Å². The SMILES string of the molecule is O=C(O)CCCC1CCCCC1.[H-].[Li+]. The predicted octanol–water partition coefficient (Wildman–Crippen LogP) is -0.0619. The average molecular weight is 178 g/mol. The molecule has 0 saturated heterocycles. The molecule has 0 atom stereocenters. The molecular formula is C10H19LiO2. The minimum atomic E-state index is -0.647. The van der Waals surface area contributed by atoms with Gasteiger partial charge in [-0.05, 0) is 18.8 Å². The summed E-state index contributed by atoms with van der Waals surface area (Å²) in [6.45, 7) is 0. The number of rotatable bonds is 4. The summed E-state index contributed by atoms with van der Waals surface area (Å²) in [4.78, 5) is 10.2. The number of aliphatic carboxylic acids is 1. The van der Waals surface area contributed by atoms with Gasteiger partial charge in [0.2, 0.25) is 0 Å². The van der Waals surface area contributed by atoms with Crippen molar-refractivity contribution in [2.24, 2.45) is 5.92 Å². The minimum absolute atomic E-state index is 0. The van der Waals surface area contributed by atoms with E-state index in [0.717, 1.165) is 18.8 Å². The monoisotopic (exact) mass is 178 g/mol. The van der Waals surface area contributed by atoms with Crippen molar-refractivity contribution in [2.75, 3.05) is 0 Å². The van der Waals surface area contributed by atoms with E-state index in [2.05, 4.69) is 0 Å². The third-order valence-corrected chi connectivity index (χ3v) is 2.73. The summed E-state index contributed by atoms with van der Waals surface area (Å²) in [5, 5.41) is 8.44. The van der Waals surface area contributed by atoms with Crippen molar-refractivity contribution in [3.63, 3.8) is 0 Å². The van der Waals surface area contributed by atoms with Gasteiger partial charge in [-0.2, -0.15) is 0 Å². The summed E-state index contributed by atoms with van der Waals surface area (Å²) in [5.74, 6) is 0.184. The first-order valence-corrected chi connectivity index (χ1v) is 5.01. The largest absolute Gasteiger partial charge is 1.00 e. The Morgan fingerprint density at radius 3 is 2.46 bits per heavy atom. The van der Waals surface area contributed by atoms with Crippen molar-refractivity contribution >= 4 is 5.97 Å². The Labute approximate surface area is 93.8 Å². The molecule has 0 aromatic carbocycles. The quantitative estimate of drug-likeness (QED) is 0.612. The smallest absolute Gasteiger partial charge is 1.00 e. The second-order valence-electron chi connectivity index (χ2n) is 3.79. The molecule has 0 aromatic heterocycles. The summed E-state index contributed by atoms with van der Waals surface area (Å²) >= 11 is 0. The molecule has 0 aromatic rings. The Balaban J connectivity index is 0. The summed E-state index contributed by atoms with van der Waals surface area (Å²) in [5.41, 5.74) is 0. The molecule has 0 bridgehead atoms. The van der Waals surface area contributed by atoms with Gasteiger partial charge in [-0.3, -0.25) is 4.79 Å². The summed E-state index contributed by atoms with van der Waals surface area (Å²) in [6.07, 6.45) is 9.13. The molecule has 0 amide bonds. The molecule has 0 aliphatic heterocycles. The van der Waals surface area contributed by atoms with Crippen LogP contribution in [0, 0.1) is 5.92 Å². The van der Waals surface area contributed by atoms with Crippen LogP contribution in [0.2, 0.25) is 0 Å². The molecule has 13 heavy (non-hydrogen) atoms. The molecule has 1 saturated carbocycles. The molecule has 0 spiro atoms. The van der Waals surface area contributed by atoms with Crippen LogP contribution in [0.15, 0.2) is 0 Å². The molecule has 72 valence electrons.